The molecular formula is C14H25N3O4. The Kier molecular flexibility index (Phi) is 5.81. The van der Waals surface area contributed by atoms with Crippen molar-refractivity contribution in [2.75, 3.05) is 52.4 Å². The summed E-state index contributed by atoms with van der Waals surface area (Å²) >= 11 is 0. The summed E-state index contributed by atoms with van der Waals surface area (Å²) in [5.41, 5.74) is 0. The van der Waals surface area contributed by atoms with E-state index in [2.05, 4.69) is 4.90 Å². The minimum atomic E-state index is -0.808. The molecule has 0 saturated carbocycles. The first-order valence-electron chi connectivity index (χ1n) is 7.71. The van der Waals surface area contributed by atoms with Crippen LogP contribution >= 0.6 is 0 Å². The number of hydrogen-bond acceptors (Lipinski definition) is 4. The van der Waals surface area contributed by atoms with Gasteiger partial charge in [-0.15, -0.1) is 0 Å². The van der Waals surface area contributed by atoms with Gasteiger partial charge >= 0.3 is 12.0 Å². The molecule has 2 rings (SSSR count). The zero-order valence-electron chi connectivity index (χ0n) is 12.4. The molecule has 0 aromatic rings. The molecule has 21 heavy (non-hydrogen) atoms. The highest BCUT2D eigenvalue weighted by atomic mass is 16.4. The largest absolute Gasteiger partial charge is 0.481 e. The molecule has 2 N–H and O–H groups in total. The van der Waals surface area contributed by atoms with Crippen molar-refractivity contribution < 1.29 is 19.8 Å². The van der Waals surface area contributed by atoms with E-state index in [1.54, 1.807) is 4.90 Å². The number of aliphatic hydroxyl groups excluding tert-OH is 1. The Morgan fingerprint density at radius 3 is 2.48 bits per heavy atom. The van der Waals surface area contributed by atoms with Crippen LogP contribution in [0.25, 0.3) is 0 Å². The summed E-state index contributed by atoms with van der Waals surface area (Å²) in [4.78, 5) is 29.3. The molecule has 120 valence electrons. The summed E-state index contributed by atoms with van der Waals surface area (Å²) in [7, 11) is 0. The number of likely N-dealkylation sites (tertiary alicyclic amines) is 1. The summed E-state index contributed by atoms with van der Waals surface area (Å²) in [5, 5.41) is 18.1. The lowest BCUT2D eigenvalue weighted by atomic mass is 9.99. The van der Waals surface area contributed by atoms with Crippen molar-refractivity contribution in [3.8, 4) is 0 Å². The zero-order valence-corrected chi connectivity index (χ0v) is 12.4. The van der Waals surface area contributed by atoms with Crippen LogP contribution in [0.5, 0.6) is 0 Å². The van der Waals surface area contributed by atoms with E-state index < -0.39 is 11.9 Å². The maximum Gasteiger partial charge on any atom is 0.320 e. The molecule has 2 aliphatic heterocycles. The number of carbonyl (C=O) groups is 2. The molecule has 1 atom stereocenters. The van der Waals surface area contributed by atoms with Crippen molar-refractivity contribution in [2.24, 2.45) is 5.92 Å². The number of carbonyl (C=O) groups excluding carboxylic acids is 1. The van der Waals surface area contributed by atoms with E-state index in [1.165, 1.54) is 0 Å². The summed E-state index contributed by atoms with van der Waals surface area (Å²) in [6.45, 7) is 4.77. The van der Waals surface area contributed by atoms with Gasteiger partial charge in [0.15, 0.2) is 0 Å². The van der Waals surface area contributed by atoms with E-state index in [0.717, 1.165) is 25.9 Å². The van der Waals surface area contributed by atoms with Gasteiger partial charge in [0.1, 0.15) is 0 Å². The second-order valence-electron chi connectivity index (χ2n) is 5.81. The molecule has 7 heteroatoms. The third-order valence-electron chi connectivity index (χ3n) is 4.32. The van der Waals surface area contributed by atoms with Crippen LogP contribution in [0.1, 0.15) is 19.3 Å². The third-order valence-corrected chi connectivity index (χ3v) is 4.32. The molecule has 2 aliphatic rings. The quantitative estimate of drug-likeness (QED) is 0.760. The maximum absolute atomic E-state index is 12.5. The standard InChI is InChI=1S/C14H25N3O4/c18-10-9-15-4-2-6-16(8-7-15)14(21)17-5-1-3-12(11-17)13(19)20/h12,18H,1-11H2,(H,19,20)/t12-/m0/s1. The summed E-state index contributed by atoms with van der Waals surface area (Å²) < 4.78 is 0. The molecule has 0 bridgehead atoms. The number of carboxylic acids is 1. The lowest BCUT2D eigenvalue weighted by Gasteiger charge is -2.34. The van der Waals surface area contributed by atoms with Gasteiger partial charge in [-0.1, -0.05) is 0 Å². The Morgan fingerprint density at radius 1 is 1.00 bits per heavy atom. The fourth-order valence-electron chi connectivity index (χ4n) is 3.08. The Hall–Kier alpha value is -1.34. The molecule has 2 amide bonds. The Bertz CT molecular complexity index is 377. The highest BCUT2D eigenvalue weighted by Gasteiger charge is 2.31. The number of rotatable bonds is 3. The van der Waals surface area contributed by atoms with Crippen molar-refractivity contribution in [1.82, 2.24) is 14.7 Å². The number of amides is 2. The SMILES string of the molecule is O=C(O)[C@H]1CCCN(C(=O)N2CCCN(CCO)CC2)C1. The predicted molar refractivity (Wildman–Crippen MR) is 77.0 cm³/mol. The van der Waals surface area contributed by atoms with E-state index >= 15 is 0 Å². The van der Waals surface area contributed by atoms with Crippen LogP contribution in [0.15, 0.2) is 0 Å². The van der Waals surface area contributed by atoms with Crippen LogP contribution in [0.3, 0.4) is 0 Å². The maximum atomic E-state index is 12.5. The predicted octanol–water partition coefficient (Wildman–Crippen LogP) is -0.0970. The van der Waals surface area contributed by atoms with E-state index in [1.807, 2.05) is 4.90 Å². The van der Waals surface area contributed by atoms with Gasteiger partial charge in [-0.05, 0) is 25.8 Å². The number of aliphatic hydroxyl groups is 1. The average molecular weight is 299 g/mol. The van der Waals surface area contributed by atoms with Gasteiger partial charge in [0.2, 0.25) is 0 Å². The van der Waals surface area contributed by atoms with E-state index in [4.69, 9.17) is 10.2 Å². The fraction of sp³-hybridized carbons (Fsp3) is 0.857. The first-order valence-corrected chi connectivity index (χ1v) is 7.71. The second kappa shape index (κ2) is 7.61. The molecule has 0 radical (unpaired) electrons. The average Bonchev–Trinajstić information content (AvgIpc) is 2.73. The Labute approximate surface area is 125 Å². The number of β-amino-alcohol motifs (C(OH)–C–C–N with tert-alkyl or cyclic N) is 1. The lowest BCUT2D eigenvalue weighted by Crippen LogP contribution is -2.49. The molecular weight excluding hydrogens is 274 g/mol. The second-order valence-corrected chi connectivity index (χ2v) is 5.81. The van der Waals surface area contributed by atoms with Gasteiger partial charge in [-0.3, -0.25) is 9.69 Å². The smallest absolute Gasteiger partial charge is 0.320 e. The molecule has 7 nitrogen and oxygen atoms in total. The number of carboxylic acid groups (broad SMARTS) is 1. The topological polar surface area (TPSA) is 84.3 Å². The van der Waals surface area contributed by atoms with Gasteiger partial charge in [-0.25, -0.2) is 4.79 Å². The van der Waals surface area contributed by atoms with Crippen molar-refractivity contribution >= 4 is 12.0 Å². The molecule has 0 aromatic carbocycles. The monoisotopic (exact) mass is 299 g/mol. The summed E-state index contributed by atoms with van der Waals surface area (Å²) in [6.07, 6.45) is 2.30. The van der Waals surface area contributed by atoms with Crippen LogP contribution in [0.4, 0.5) is 4.79 Å². The summed E-state index contributed by atoms with van der Waals surface area (Å²) in [5.74, 6) is -1.24. The molecule has 0 unspecified atom stereocenters. The first kappa shape index (κ1) is 16.0. The Balaban J connectivity index is 1.88. The van der Waals surface area contributed by atoms with Crippen LogP contribution in [0, 0.1) is 5.92 Å². The van der Waals surface area contributed by atoms with Crippen molar-refractivity contribution in [3.63, 3.8) is 0 Å². The number of hydrogen-bond donors (Lipinski definition) is 2. The van der Waals surface area contributed by atoms with E-state index in [0.29, 0.717) is 39.1 Å². The van der Waals surface area contributed by atoms with Crippen molar-refractivity contribution in [2.45, 2.75) is 19.3 Å². The zero-order chi connectivity index (χ0) is 15.2. The normalized spacial score (nSPS) is 24.7. The molecule has 0 aliphatic carbocycles. The Morgan fingerprint density at radius 2 is 1.76 bits per heavy atom. The van der Waals surface area contributed by atoms with Gasteiger partial charge in [0.25, 0.3) is 0 Å². The van der Waals surface area contributed by atoms with Crippen LogP contribution in [-0.2, 0) is 4.79 Å². The van der Waals surface area contributed by atoms with Crippen LogP contribution in [0.2, 0.25) is 0 Å². The molecule has 2 fully saturated rings. The van der Waals surface area contributed by atoms with Gasteiger partial charge in [0, 0.05) is 39.3 Å². The highest BCUT2D eigenvalue weighted by Crippen LogP contribution is 2.18. The summed E-state index contributed by atoms with van der Waals surface area (Å²) in [6, 6.07) is -0.0354. The minimum Gasteiger partial charge on any atom is -0.481 e. The van der Waals surface area contributed by atoms with Gasteiger partial charge < -0.3 is 20.0 Å². The van der Waals surface area contributed by atoms with Gasteiger partial charge in [-0.2, -0.15) is 0 Å². The first-order chi connectivity index (χ1) is 10.1. The van der Waals surface area contributed by atoms with Gasteiger partial charge in [0.05, 0.1) is 12.5 Å². The number of piperidine rings is 1. The molecule has 2 heterocycles. The van der Waals surface area contributed by atoms with Crippen molar-refractivity contribution in [3.05, 3.63) is 0 Å². The third kappa shape index (κ3) is 4.31. The van der Waals surface area contributed by atoms with E-state index in [-0.39, 0.29) is 12.6 Å². The fourth-order valence-corrected chi connectivity index (χ4v) is 3.08. The number of urea groups is 1. The molecule has 0 spiro atoms. The number of nitrogens with zero attached hydrogens (tertiary/aromatic N) is 3. The number of aliphatic carboxylic acids is 1. The minimum absolute atomic E-state index is 0.0354. The van der Waals surface area contributed by atoms with Crippen LogP contribution < -0.4 is 0 Å². The molecule has 2 saturated heterocycles. The highest BCUT2D eigenvalue weighted by molar-refractivity contribution is 5.76. The van der Waals surface area contributed by atoms with E-state index in [9.17, 15) is 9.59 Å². The lowest BCUT2D eigenvalue weighted by molar-refractivity contribution is -0.143. The van der Waals surface area contributed by atoms with Crippen LogP contribution in [-0.4, -0.2) is 89.3 Å². The molecule has 0 aromatic heterocycles. The van der Waals surface area contributed by atoms with Crippen molar-refractivity contribution in [1.29, 1.82) is 0 Å².